The monoisotopic (exact) mass is 392 g/mol. The molecule has 0 saturated heterocycles. The van der Waals surface area contributed by atoms with Crippen molar-refractivity contribution in [2.45, 2.75) is 26.7 Å². The predicted molar refractivity (Wildman–Crippen MR) is 102 cm³/mol. The van der Waals surface area contributed by atoms with Crippen molar-refractivity contribution >= 4 is 23.1 Å². The summed E-state index contributed by atoms with van der Waals surface area (Å²) < 4.78 is 31.5. The second kappa shape index (κ2) is 10.2. The van der Waals surface area contributed by atoms with Crippen LogP contribution in [0.25, 0.3) is 10.8 Å². The Morgan fingerprint density at radius 1 is 0.714 bits per heavy atom. The summed E-state index contributed by atoms with van der Waals surface area (Å²) in [5.41, 5.74) is 0. The molecule has 0 unspecified atom stereocenters. The van der Waals surface area contributed by atoms with Crippen LogP contribution in [0, 0.1) is 0 Å². The van der Waals surface area contributed by atoms with Gasteiger partial charge in [0.25, 0.3) is 0 Å². The van der Waals surface area contributed by atoms with Crippen LogP contribution < -0.4 is 18.9 Å². The first-order valence-corrected chi connectivity index (χ1v) is 8.93. The molecule has 0 spiro atoms. The summed E-state index contributed by atoms with van der Waals surface area (Å²) in [5.74, 6) is 0.386. The highest BCUT2D eigenvalue weighted by molar-refractivity contribution is 6.00. The van der Waals surface area contributed by atoms with Crippen LogP contribution in [0.2, 0.25) is 0 Å². The van der Waals surface area contributed by atoms with Crippen molar-refractivity contribution in [2.24, 2.45) is 0 Å². The average Bonchev–Trinajstić information content (AvgIpc) is 2.71. The van der Waals surface area contributed by atoms with Gasteiger partial charge in [0.2, 0.25) is 11.5 Å². The number of carbonyl (C=O) groups excluding carboxylic acids is 2. The van der Waals surface area contributed by atoms with E-state index in [1.54, 1.807) is 24.3 Å². The van der Waals surface area contributed by atoms with Crippen molar-refractivity contribution in [1.29, 1.82) is 0 Å². The van der Waals surface area contributed by atoms with Gasteiger partial charge in [0.05, 0.1) is 27.4 Å². The summed E-state index contributed by atoms with van der Waals surface area (Å²) in [5, 5.41) is 0.957. The van der Waals surface area contributed by atoms with Crippen LogP contribution in [0.4, 0.5) is 9.59 Å². The summed E-state index contributed by atoms with van der Waals surface area (Å²) in [6, 6.07) is 6.89. The number of methoxy groups -OCH3 is 2. The lowest BCUT2D eigenvalue weighted by atomic mass is 10.1. The molecule has 0 N–H and O–H groups in total. The van der Waals surface area contributed by atoms with E-state index >= 15 is 0 Å². The predicted octanol–water partition coefficient (Wildman–Crippen LogP) is 4.71. The third-order valence-electron chi connectivity index (χ3n) is 3.66. The lowest BCUT2D eigenvalue weighted by molar-refractivity contribution is 0.0957. The smallest absolute Gasteiger partial charge is 0.490 e. The molecule has 0 aliphatic carbocycles. The van der Waals surface area contributed by atoms with Gasteiger partial charge in [-0.25, -0.2) is 9.59 Å². The topological polar surface area (TPSA) is 89.5 Å². The van der Waals surface area contributed by atoms with E-state index in [4.69, 9.17) is 28.4 Å². The molecule has 8 heteroatoms. The SMILES string of the molecule is CCCOC(=O)Oc1c(OC)c(OC)c(OC(=O)OCCC)c2ccccc12. The van der Waals surface area contributed by atoms with E-state index in [2.05, 4.69) is 0 Å². The molecule has 8 nitrogen and oxygen atoms in total. The third kappa shape index (κ3) is 4.76. The second-order valence-electron chi connectivity index (χ2n) is 5.67. The minimum absolute atomic E-state index is 0.0907. The Bertz CT molecular complexity index is 762. The van der Waals surface area contributed by atoms with Crippen LogP contribution in [0.5, 0.6) is 23.0 Å². The quantitative estimate of drug-likeness (QED) is 0.471. The van der Waals surface area contributed by atoms with Crippen LogP contribution in [0.1, 0.15) is 26.7 Å². The molecule has 0 radical (unpaired) electrons. The maximum Gasteiger partial charge on any atom is 0.513 e. The minimum Gasteiger partial charge on any atom is -0.490 e. The van der Waals surface area contributed by atoms with Crippen molar-refractivity contribution in [3.05, 3.63) is 24.3 Å². The minimum atomic E-state index is -0.872. The molecule has 2 aromatic carbocycles. The average molecular weight is 392 g/mol. The number of rotatable bonds is 8. The molecule has 0 bridgehead atoms. The zero-order valence-electron chi connectivity index (χ0n) is 16.4. The van der Waals surface area contributed by atoms with Gasteiger partial charge in [-0.2, -0.15) is 0 Å². The second-order valence-corrected chi connectivity index (χ2v) is 5.67. The third-order valence-corrected chi connectivity index (χ3v) is 3.66. The normalized spacial score (nSPS) is 10.3. The van der Waals surface area contributed by atoms with Gasteiger partial charge >= 0.3 is 12.3 Å². The zero-order chi connectivity index (χ0) is 20.5. The van der Waals surface area contributed by atoms with Crippen molar-refractivity contribution in [1.82, 2.24) is 0 Å². The van der Waals surface area contributed by atoms with Gasteiger partial charge in [-0.1, -0.05) is 38.1 Å². The van der Waals surface area contributed by atoms with Gasteiger partial charge in [-0.15, -0.1) is 0 Å². The molecular formula is C20H24O8. The van der Waals surface area contributed by atoms with Crippen LogP contribution in [0.3, 0.4) is 0 Å². The van der Waals surface area contributed by atoms with Gasteiger partial charge in [0.15, 0.2) is 11.5 Å². The number of benzene rings is 2. The van der Waals surface area contributed by atoms with E-state index in [-0.39, 0.29) is 36.2 Å². The number of ether oxygens (including phenoxy) is 6. The standard InChI is InChI=1S/C20H24O8/c1-5-11-25-19(21)27-15-13-9-7-8-10-14(13)16(18(24-4)17(15)23-3)28-20(22)26-12-6-2/h7-10H,5-6,11-12H2,1-4H3. The molecule has 152 valence electrons. The fourth-order valence-corrected chi connectivity index (χ4v) is 2.50. The van der Waals surface area contributed by atoms with Crippen molar-refractivity contribution < 1.29 is 38.0 Å². The Kier molecular flexibility index (Phi) is 7.74. The summed E-state index contributed by atoms with van der Waals surface area (Å²) in [6.07, 6.45) is -0.432. The Morgan fingerprint density at radius 3 is 1.43 bits per heavy atom. The van der Waals surface area contributed by atoms with Crippen LogP contribution >= 0.6 is 0 Å². The lowest BCUT2D eigenvalue weighted by Gasteiger charge is -2.19. The zero-order valence-corrected chi connectivity index (χ0v) is 16.4. The number of fused-ring (bicyclic) bond motifs is 1. The highest BCUT2D eigenvalue weighted by Gasteiger charge is 2.27. The first kappa shape index (κ1) is 21.1. The Hall–Kier alpha value is -3.16. The van der Waals surface area contributed by atoms with Crippen molar-refractivity contribution in [2.75, 3.05) is 27.4 Å². The van der Waals surface area contributed by atoms with Crippen molar-refractivity contribution in [3.63, 3.8) is 0 Å². The number of carbonyl (C=O) groups is 2. The molecule has 0 aliphatic heterocycles. The van der Waals surface area contributed by atoms with E-state index in [0.717, 1.165) is 0 Å². The molecule has 0 aliphatic rings. The maximum absolute atomic E-state index is 12.0. The van der Waals surface area contributed by atoms with Gasteiger partial charge in [0.1, 0.15) is 0 Å². The Labute approximate surface area is 163 Å². The molecule has 0 heterocycles. The van der Waals surface area contributed by atoms with Gasteiger partial charge < -0.3 is 28.4 Å². The van der Waals surface area contributed by atoms with Crippen molar-refractivity contribution in [3.8, 4) is 23.0 Å². The summed E-state index contributed by atoms with van der Waals surface area (Å²) in [6.45, 7) is 4.19. The van der Waals surface area contributed by atoms with Crippen LogP contribution in [0.15, 0.2) is 24.3 Å². The fourth-order valence-electron chi connectivity index (χ4n) is 2.50. The molecule has 0 amide bonds. The molecule has 0 aromatic heterocycles. The maximum atomic E-state index is 12.0. The molecule has 0 saturated carbocycles. The molecule has 28 heavy (non-hydrogen) atoms. The fraction of sp³-hybridized carbons (Fsp3) is 0.400. The largest absolute Gasteiger partial charge is 0.513 e. The van der Waals surface area contributed by atoms with Gasteiger partial charge in [-0.05, 0) is 12.8 Å². The molecule has 2 rings (SSSR count). The first-order valence-electron chi connectivity index (χ1n) is 8.93. The number of hydrogen-bond acceptors (Lipinski definition) is 8. The highest BCUT2D eigenvalue weighted by atomic mass is 16.7. The van der Waals surface area contributed by atoms with E-state index in [1.165, 1.54) is 14.2 Å². The van der Waals surface area contributed by atoms with E-state index < -0.39 is 12.3 Å². The Morgan fingerprint density at radius 2 is 1.11 bits per heavy atom. The number of hydrogen-bond donors (Lipinski definition) is 0. The van der Waals surface area contributed by atoms with Gasteiger partial charge in [-0.3, -0.25) is 0 Å². The van der Waals surface area contributed by atoms with E-state index in [9.17, 15) is 9.59 Å². The van der Waals surface area contributed by atoms with E-state index in [1.807, 2.05) is 13.8 Å². The highest BCUT2D eigenvalue weighted by Crippen LogP contribution is 2.51. The van der Waals surface area contributed by atoms with E-state index in [0.29, 0.717) is 23.6 Å². The van der Waals surface area contributed by atoms with Gasteiger partial charge in [0, 0.05) is 10.8 Å². The molecule has 2 aromatic rings. The lowest BCUT2D eigenvalue weighted by Crippen LogP contribution is -2.14. The summed E-state index contributed by atoms with van der Waals surface area (Å²) in [4.78, 5) is 24.0. The van der Waals surface area contributed by atoms with Crippen LogP contribution in [-0.2, 0) is 9.47 Å². The Balaban J connectivity index is 2.57. The first-order chi connectivity index (χ1) is 13.6. The molecule has 0 fully saturated rings. The molecule has 0 atom stereocenters. The summed E-state index contributed by atoms with van der Waals surface area (Å²) in [7, 11) is 2.77. The molecular weight excluding hydrogens is 368 g/mol. The van der Waals surface area contributed by atoms with Crippen LogP contribution in [-0.4, -0.2) is 39.7 Å². The summed E-state index contributed by atoms with van der Waals surface area (Å²) >= 11 is 0.